The van der Waals surface area contributed by atoms with E-state index in [1.54, 1.807) is 11.1 Å². The summed E-state index contributed by atoms with van der Waals surface area (Å²) in [5.41, 5.74) is 1.16. The molecule has 8 heteroatoms. The molecule has 32 heavy (non-hydrogen) atoms. The van der Waals surface area contributed by atoms with Crippen molar-refractivity contribution in [1.29, 1.82) is 0 Å². The van der Waals surface area contributed by atoms with E-state index in [9.17, 15) is 14.4 Å². The van der Waals surface area contributed by atoms with Gasteiger partial charge in [-0.3, -0.25) is 24.4 Å². The number of imide groups is 1. The first-order valence-corrected chi connectivity index (χ1v) is 10.9. The highest BCUT2D eigenvalue weighted by molar-refractivity contribution is 6.08. The number of hydrogen-bond donors (Lipinski definition) is 0. The summed E-state index contributed by atoms with van der Waals surface area (Å²) in [7, 11) is 1.26. The van der Waals surface area contributed by atoms with Crippen molar-refractivity contribution in [3.63, 3.8) is 0 Å². The van der Waals surface area contributed by atoms with Crippen LogP contribution in [0.25, 0.3) is 0 Å². The van der Waals surface area contributed by atoms with Crippen molar-refractivity contribution >= 4 is 17.9 Å². The third-order valence-corrected chi connectivity index (χ3v) is 6.40. The number of hydrogen-bond acceptors (Lipinski definition) is 6. The molecule has 0 unspecified atom stereocenters. The molecule has 168 valence electrons. The van der Waals surface area contributed by atoms with Crippen LogP contribution >= 0.6 is 0 Å². The maximum atomic E-state index is 13.5. The van der Waals surface area contributed by atoms with Crippen molar-refractivity contribution in [1.82, 2.24) is 19.7 Å². The summed E-state index contributed by atoms with van der Waals surface area (Å²) < 4.78 is 4.71. The van der Waals surface area contributed by atoms with E-state index in [2.05, 4.69) is 9.88 Å². The van der Waals surface area contributed by atoms with Crippen LogP contribution in [0, 0.1) is 0 Å². The zero-order chi connectivity index (χ0) is 22.6. The highest BCUT2D eigenvalue weighted by atomic mass is 16.5. The Morgan fingerprint density at radius 1 is 1.06 bits per heavy atom. The molecule has 0 aliphatic carbocycles. The van der Waals surface area contributed by atoms with Crippen LogP contribution in [0.15, 0.2) is 54.7 Å². The molecule has 1 aromatic heterocycles. The van der Waals surface area contributed by atoms with E-state index >= 15 is 0 Å². The third-order valence-electron chi connectivity index (χ3n) is 6.40. The van der Waals surface area contributed by atoms with Gasteiger partial charge in [0, 0.05) is 32.4 Å². The van der Waals surface area contributed by atoms with Crippen LogP contribution in [-0.2, 0) is 27.3 Å². The molecule has 3 heterocycles. The minimum absolute atomic E-state index is 0.293. The van der Waals surface area contributed by atoms with Crippen molar-refractivity contribution in [2.75, 3.05) is 33.3 Å². The van der Waals surface area contributed by atoms with E-state index in [0.29, 0.717) is 45.4 Å². The van der Waals surface area contributed by atoms with Crippen molar-refractivity contribution in [3.05, 3.63) is 66.0 Å². The first kappa shape index (κ1) is 22.0. The van der Waals surface area contributed by atoms with E-state index in [0.717, 1.165) is 16.2 Å². The normalized spacial score (nSPS) is 18.4. The summed E-state index contributed by atoms with van der Waals surface area (Å²) in [6.45, 7) is 2.11. The van der Waals surface area contributed by atoms with Crippen molar-refractivity contribution in [2.24, 2.45) is 0 Å². The standard InChI is InChI=1S/C24H28N4O4/c1-32-21(29)18-27-22(30)24(28(23(27)31)14-10-19-7-3-2-4-8-19)11-15-26(16-12-24)17-20-9-5-6-13-25-20/h2-9,13H,10-12,14-18H2,1H3. The number of carbonyl (C=O) groups excluding carboxylic acids is 3. The van der Waals surface area contributed by atoms with Gasteiger partial charge < -0.3 is 9.64 Å². The van der Waals surface area contributed by atoms with E-state index < -0.39 is 17.5 Å². The van der Waals surface area contributed by atoms with Crippen LogP contribution in [0.2, 0.25) is 0 Å². The van der Waals surface area contributed by atoms with Gasteiger partial charge in [0.15, 0.2) is 0 Å². The number of urea groups is 1. The zero-order valence-electron chi connectivity index (χ0n) is 18.3. The minimum Gasteiger partial charge on any atom is -0.468 e. The minimum atomic E-state index is -0.916. The number of esters is 1. The second-order valence-corrected chi connectivity index (χ2v) is 8.27. The van der Waals surface area contributed by atoms with Crippen molar-refractivity contribution in [3.8, 4) is 0 Å². The van der Waals surface area contributed by atoms with Gasteiger partial charge in [-0.1, -0.05) is 36.4 Å². The summed E-state index contributed by atoms with van der Waals surface area (Å²) in [5, 5.41) is 0. The third kappa shape index (κ3) is 4.36. The number of likely N-dealkylation sites (tertiary alicyclic amines) is 1. The van der Waals surface area contributed by atoms with E-state index in [1.165, 1.54) is 7.11 Å². The Hall–Kier alpha value is -3.26. The molecule has 2 aromatic rings. The summed E-state index contributed by atoms with van der Waals surface area (Å²) >= 11 is 0. The summed E-state index contributed by atoms with van der Waals surface area (Å²) in [4.78, 5) is 47.9. The Kier molecular flexibility index (Phi) is 6.50. The Morgan fingerprint density at radius 3 is 2.44 bits per heavy atom. The van der Waals surface area contributed by atoms with E-state index in [1.807, 2.05) is 48.5 Å². The highest BCUT2D eigenvalue weighted by Crippen LogP contribution is 2.37. The lowest BCUT2D eigenvalue weighted by Crippen LogP contribution is -2.56. The highest BCUT2D eigenvalue weighted by Gasteiger charge is 2.58. The molecule has 2 fully saturated rings. The van der Waals surface area contributed by atoms with Gasteiger partial charge in [0.05, 0.1) is 12.8 Å². The number of rotatable bonds is 7. The number of carbonyl (C=O) groups is 3. The van der Waals surface area contributed by atoms with Crippen LogP contribution in [0.1, 0.15) is 24.1 Å². The van der Waals surface area contributed by atoms with Gasteiger partial charge in [0.2, 0.25) is 0 Å². The zero-order valence-corrected chi connectivity index (χ0v) is 18.3. The molecule has 1 spiro atoms. The number of benzene rings is 1. The maximum absolute atomic E-state index is 13.5. The van der Waals surface area contributed by atoms with Gasteiger partial charge in [-0.25, -0.2) is 4.79 Å². The summed E-state index contributed by atoms with van der Waals surface area (Å²) in [6.07, 6.45) is 3.47. The van der Waals surface area contributed by atoms with Gasteiger partial charge in [0.25, 0.3) is 5.91 Å². The monoisotopic (exact) mass is 436 g/mol. The van der Waals surface area contributed by atoms with Gasteiger partial charge >= 0.3 is 12.0 Å². The topological polar surface area (TPSA) is 83.1 Å². The van der Waals surface area contributed by atoms with Gasteiger partial charge in [-0.05, 0) is 37.0 Å². The number of pyridine rings is 1. The van der Waals surface area contributed by atoms with E-state index in [4.69, 9.17) is 4.74 Å². The number of piperidine rings is 1. The Balaban J connectivity index is 1.51. The van der Waals surface area contributed by atoms with Crippen LogP contribution in [0.3, 0.4) is 0 Å². The summed E-state index contributed by atoms with van der Waals surface area (Å²) in [5.74, 6) is -0.891. The molecule has 0 saturated carbocycles. The fourth-order valence-corrected chi connectivity index (χ4v) is 4.60. The average molecular weight is 437 g/mol. The molecule has 2 aliphatic heterocycles. The molecular weight excluding hydrogens is 408 g/mol. The van der Waals surface area contributed by atoms with Crippen molar-refractivity contribution in [2.45, 2.75) is 31.3 Å². The lowest BCUT2D eigenvalue weighted by Gasteiger charge is -2.42. The largest absolute Gasteiger partial charge is 0.468 e. The smallest absolute Gasteiger partial charge is 0.328 e. The first-order valence-electron chi connectivity index (χ1n) is 10.9. The molecule has 8 nitrogen and oxygen atoms in total. The Labute approximate surface area is 187 Å². The SMILES string of the molecule is COC(=O)CN1C(=O)N(CCc2ccccc2)C2(CCN(Cc3ccccn3)CC2)C1=O. The molecule has 0 radical (unpaired) electrons. The molecule has 2 saturated heterocycles. The number of amides is 3. The van der Waals surface area contributed by atoms with Crippen LogP contribution < -0.4 is 0 Å². The fraction of sp³-hybridized carbons (Fsp3) is 0.417. The Bertz CT molecular complexity index is 958. The second kappa shape index (κ2) is 9.48. The second-order valence-electron chi connectivity index (χ2n) is 8.27. The van der Waals surface area contributed by atoms with Crippen LogP contribution in [-0.4, -0.2) is 76.4 Å². The number of nitrogens with zero attached hydrogens (tertiary/aromatic N) is 4. The first-order chi connectivity index (χ1) is 15.5. The van der Waals surface area contributed by atoms with Crippen molar-refractivity contribution < 1.29 is 19.1 Å². The van der Waals surface area contributed by atoms with Crippen LogP contribution in [0.5, 0.6) is 0 Å². The molecule has 0 bridgehead atoms. The molecule has 1 aromatic carbocycles. The Morgan fingerprint density at radius 2 is 1.78 bits per heavy atom. The number of methoxy groups -OCH3 is 1. The quantitative estimate of drug-likeness (QED) is 0.488. The molecule has 0 N–H and O–H groups in total. The van der Waals surface area contributed by atoms with E-state index in [-0.39, 0.29) is 12.5 Å². The average Bonchev–Trinajstić information content (AvgIpc) is 3.01. The predicted molar refractivity (Wildman–Crippen MR) is 117 cm³/mol. The van der Waals surface area contributed by atoms with Gasteiger partial charge in [-0.2, -0.15) is 0 Å². The number of aromatic nitrogens is 1. The van der Waals surface area contributed by atoms with Gasteiger partial charge in [-0.15, -0.1) is 0 Å². The van der Waals surface area contributed by atoms with Gasteiger partial charge in [0.1, 0.15) is 12.1 Å². The predicted octanol–water partition coefficient (Wildman–Crippen LogP) is 2.10. The molecule has 2 aliphatic rings. The number of ether oxygens (including phenoxy) is 1. The molecular formula is C24H28N4O4. The fourth-order valence-electron chi connectivity index (χ4n) is 4.60. The molecule has 4 rings (SSSR count). The summed E-state index contributed by atoms with van der Waals surface area (Å²) in [6, 6.07) is 15.3. The van der Waals surface area contributed by atoms with Crippen LogP contribution in [0.4, 0.5) is 4.79 Å². The lowest BCUT2D eigenvalue weighted by atomic mass is 9.85. The maximum Gasteiger partial charge on any atom is 0.328 e. The molecule has 3 amide bonds. The lowest BCUT2D eigenvalue weighted by molar-refractivity contribution is -0.146. The molecule has 0 atom stereocenters.